The van der Waals surface area contributed by atoms with Crippen LogP contribution in [0.3, 0.4) is 0 Å². The van der Waals surface area contributed by atoms with Crippen molar-refractivity contribution < 1.29 is 9.53 Å². The molecule has 1 saturated heterocycles. The lowest BCUT2D eigenvalue weighted by molar-refractivity contribution is -0.116. The zero-order valence-corrected chi connectivity index (χ0v) is 16.2. The maximum absolute atomic E-state index is 12.5. The van der Waals surface area contributed by atoms with Crippen molar-refractivity contribution >= 4 is 28.9 Å². The molecule has 0 atom stereocenters. The second kappa shape index (κ2) is 8.54. The van der Waals surface area contributed by atoms with Gasteiger partial charge >= 0.3 is 0 Å². The van der Waals surface area contributed by atoms with Crippen LogP contribution in [0.5, 0.6) is 0 Å². The number of H-pyrrole nitrogens is 1. The lowest BCUT2D eigenvalue weighted by Gasteiger charge is -2.31. The average molecular weight is 391 g/mol. The molecule has 0 spiro atoms. The number of amides is 1. The van der Waals surface area contributed by atoms with E-state index in [2.05, 4.69) is 20.2 Å². The third kappa shape index (κ3) is 4.67. The van der Waals surface area contributed by atoms with Crippen LogP contribution in [0.1, 0.15) is 23.5 Å². The number of hydrogen-bond acceptors (Lipinski definition) is 5. The number of nitrogens with zero attached hydrogens (tertiary/aromatic N) is 2. The number of carbonyl (C=O) groups excluding carboxylic acids is 1. The summed E-state index contributed by atoms with van der Waals surface area (Å²) in [5, 5.41) is 3.52. The van der Waals surface area contributed by atoms with Gasteiger partial charge in [0, 0.05) is 30.8 Å². The van der Waals surface area contributed by atoms with Crippen molar-refractivity contribution in [1.29, 1.82) is 0 Å². The molecule has 0 unspecified atom stereocenters. The topological polar surface area (TPSA) is 87.3 Å². The summed E-state index contributed by atoms with van der Waals surface area (Å²) in [6.07, 6.45) is 0.511. The molecule has 1 aliphatic rings. The van der Waals surface area contributed by atoms with Crippen molar-refractivity contribution in [3.05, 3.63) is 50.7 Å². The first-order valence-corrected chi connectivity index (χ1v) is 9.31. The SMILES string of the molecule is Cc1nc(C)c(CCC(=O)Nc2cccc(Cl)c2N2CCOCC2)c(=O)[nH]1. The maximum Gasteiger partial charge on any atom is 0.254 e. The van der Waals surface area contributed by atoms with Crippen LogP contribution in [-0.4, -0.2) is 42.2 Å². The third-order valence-corrected chi connectivity index (χ3v) is 4.84. The zero-order valence-electron chi connectivity index (χ0n) is 15.5. The van der Waals surface area contributed by atoms with Gasteiger partial charge in [-0.05, 0) is 32.4 Å². The Balaban J connectivity index is 1.71. The van der Waals surface area contributed by atoms with Crippen molar-refractivity contribution in [2.75, 3.05) is 36.5 Å². The normalized spacial score (nSPS) is 14.3. The van der Waals surface area contributed by atoms with E-state index in [0.29, 0.717) is 47.4 Å². The smallest absolute Gasteiger partial charge is 0.254 e. The van der Waals surface area contributed by atoms with E-state index in [9.17, 15) is 9.59 Å². The predicted octanol–water partition coefficient (Wildman–Crippen LogP) is 2.45. The van der Waals surface area contributed by atoms with Crippen molar-refractivity contribution in [3.8, 4) is 0 Å². The quantitative estimate of drug-likeness (QED) is 0.818. The van der Waals surface area contributed by atoms with Gasteiger partial charge in [-0.2, -0.15) is 0 Å². The summed E-state index contributed by atoms with van der Waals surface area (Å²) in [7, 11) is 0. The molecule has 144 valence electrons. The van der Waals surface area contributed by atoms with Gasteiger partial charge in [0.2, 0.25) is 5.91 Å². The van der Waals surface area contributed by atoms with Gasteiger partial charge in [-0.1, -0.05) is 17.7 Å². The Morgan fingerprint density at radius 3 is 2.78 bits per heavy atom. The van der Waals surface area contributed by atoms with Gasteiger partial charge in [-0.15, -0.1) is 0 Å². The largest absolute Gasteiger partial charge is 0.378 e. The molecule has 2 aromatic rings. The van der Waals surface area contributed by atoms with Crippen LogP contribution in [0, 0.1) is 13.8 Å². The molecule has 7 nitrogen and oxygen atoms in total. The van der Waals surface area contributed by atoms with Crippen LogP contribution in [-0.2, 0) is 16.0 Å². The van der Waals surface area contributed by atoms with E-state index in [4.69, 9.17) is 16.3 Å². The van der Waals surface area contributed by atoms with Gasteiger partial charge < -0.3 is 19.9 Å². The van der Waals surface area contributed by atoms with Gasteiger partial charge in [0.15, 0.2) is 0 Å². The monoisotopic (exact) mass is 390 g/mol. The van der Waals surface area contributed by atoms with Gasteiger partial charge in [0.1, 0.15) is 5.82 Å². The summed E-state index contributed by atoms with van der Waals surface area (Å²) in [6.45, 7) is 6.20. The van der Waals surface area contributed by atoms with E-state index in [1.54, 1.807) is 19.9 Å². The fourth-order valence-corrected chi connectivity index (χ4v) is 3.52. The first-order chi connectivity index (χ1) is 13.0. The number of anilines is 2. The number of carbonyl (C=O) groups is 1. The van der Waals surface area contributed by atoms with Gasteiger partial charge in [-0.25, -0.2) is 4.98 Å². The molecule has 1 aliphatic heterocycles. The van der Waals surface area contributed by atoms with Gasteiger partial charge in [0.25, 0.3) is 5.56 Å². The van der Waals surface area contributed by atoms with E-state index >= 15 is 0 Å². The minimum absolute atomic E-state index is 0.175. The number of aromatic nitrogens is 2. The van der Waals surface area contributed by atoms with Crippen LogP contribution < -0.4 is 15.8 Å². The molecule has 3 rings (SSSR count). The Labute approximate surface area is 162 Å². The van der Waals surface area contributed by atoms with E-state index in [-0.39, 0.29) is 17.9 Å². The molecule has 0 aliphatic carbocycles. The van der Waals surface area contributed by atoms with Crippen LogP contribution in [0.4, 0.5) is 11.4 Å². The first-order valence-electron chi connectivity index (χ1n) is 8.93. The van der Waals surface area contributed by atoms with E-state index in [0.717, 1.165) is 18.8 Å². The Kier molecular flexibility index (Phi) is 6.13. The van der Waals surface area contributed by atoms with Crippen molar-refractivity contribution in [2.45, 2.75) is 26.7 Å². The third-order valence-electron chi connectivity index (χ3n) is 4.53. The second-order valence-corrected chi connectivity index (χ2v) is 6.91. The minimum Gasteiger partial charge on any atom is -0.378 e. The highest BCUT2D eigenvalue weighted by molar-refractivity contribution is 6.34. The summed E-state index contributed by atoms with van der Waals surface area (Å²) < 4.78 is 5.39. The number of para-hydroxylation sites is 1. The summed E-state index contributed by atoms with van der Waals surface area (Å²) in [4.78, 5) is 33.6. The number of benzene rings is 1. The highest BCUT2D eigenvalue weighted by atomic mass is 35.5. The Bertz CT molecular complexity index is 891. The maximum atomic E-state index is 12.5. The molecule has 1 aromatic heterocycles. The number of rotatable bonds is 5. The first kappa shape index (κ1) is 19.4. The molecule has 2 heterocycles. The number of morpholine rings is 1. The molecule has 1 amide bonds. The summed E-state index contributed by atoms with van der Waals surface area (Å²) in [5.41, 5.74) is 2.48. The number of aromatic amines is 1. The van der Waals surface area contributed by atoms with E-state index in [1.807, 2.05) is 12.1 Å². The number of hydrogen-bond donors (Lipinski definition) is 2. The number of halogens is 1. The molecular weight excluding hydrogens is 368 g/mol. The van der Waals surface area contributed by atoms with Crippen molar-refractivity contribution in [3.63, 3.8) is 0 Å². The average Bonchev–Trinajstić information content (AvgIpc) is 2.61. The van der Waals surface area contributed by atoms with Crippen LogP contribution >= 0.6 is 11.6 Å². The summed E-state index contributed by atoms with van der Waals surface area (Å²) in [5.74, 6) is 0.394. The van der Waals surface area contributed by atoms with Gasteiger partial charge in [0.05, 0.1) is 29.6 Å². The lowest BCUT2D eigenvalue weighted by Crippen LogP contribution is -2.37. The van der Waals surface area contributed by atoms with Crippen LogP contribution in [0.25, 0.3) is 0 Å². The Hall–Kier alpha value is -2.38. The fourth-order valence-electron chi connectivity index (χ4n) is 3.22. The lowest BCUT2D eigenvalue weighted by atomic mass is 10.1. The van der Waals surface area contributed by atoms with E-state index in [1.165, 1.54) is 0 Å². The van der Waals surface area contributed by atoms with Crippen molar-refractivity contribution in [2.24, 2.45) is 0 Å². The van der Waals surface area contributed by atoms with E-state index < -0.39 is 0 Å². The molecular formula is C19H23ClN4O3. The molecule has 1 fully saturated rings. The minimum atomic E-state index is -0.190. The number of nitrogens with one attached hydrogen (secondary N) is 2. The fraction of sp³-hybridized carbons (Fsp3) is 0.421. The Morgan fingerprint density at radius 1 is 1.33 bits per heavy atom. The highest BCUT2D eigenvalue weighted by Gasteiger charge is 2.19. The summed E-state index contributed by atoms with van der Waals surface area (Å²) in [6, 6.07) is 5.45. The molecule has 27 heavy (non-hydrogen) atoms. The predicted molar refractivity (Wildman–Crippen MR) is 106 cm³/mol. The Morgan fingerprint density at radius 2 is 2.07 bits per heavy atom. The number of aryl methyl sites for hydroxylation is 2. The second-order valence-electron chi connectivity index (χ2n) is 6.50. The molecule has 8 heteroatoms. The highest BCUT2D eigenvalue weighted by Crippen LogP contribution is 2.34. The molecule has 0 saturated carbocycles. The molecule has 1 aromatic carbocycles. The number of ether oxygens (including phenoxy) is 1. The van der Waals surface area contributed by atoms with Crippen molar-refractivity contribution in [1.82, 2.24) is 9.97 Å². The zero-order chi connectivity index (χ0) is 19.4. The molecule has 0 radical (unpaired) electrons. The van der Waals surface area contributed by atoms with Crippen LogP contribution in [0.15, 0.2) is 23.0 Å². The van der Waals surface area contributed by atoms with Crippen LogP contribution in [0.2, 0.25) is 5.02 Å². The summed E-state index contributed by atoms with van der Waals surface area (Å²) >= 11 is 6.39. The van der Waals surface area contributed by atoms with Gasteiger partial charge in [-0.3, -0.25) is 9.59 Å². The standard InChI is InChI=1S/C19H23ClN4O3/c1-12-14(19(26)22-13(2)21-12)6-7-17(25)23-16-5-3-4-15(20)18(16)24-8-10-27-11-9-24/h3-5H,6-11H2,1-2H3,(H,23,25)(H,21,22,26). The molecule has 2 N–H and O–H groups in total. The molecule has 0 bridgehead atoms.